The summed E-state index contributed by atoms with van der Waals surface area (Å²) >= 11 is 1.62. The normalized spacial score (nSPS) is 10.6. The van der Waals surface area contributed by atoms with Crippen molar-refractivity contribution in [3.8, 4) is 0 Å². The van der Waals surface area contributed by atoms with Gasteiger partial charge in [-0.05, 0) is 31.5 Å². The van der Waals surface area contributed by atoms with Gasteiger partial charge in [0.1, 0.15) is 5.69 Å². The highest BCUT2D eigenvalue weighted by Gasteiger charge is 2.14. The highest BCUT2D eigenvalue weighted by Crippen LogP contribution is 2.29. The van der Waals surface area contributed by atoms with Gasteiger partial charge in [0.25, 0.3) is 5.69 Å². The van der Waals surface area contributed by atoms with E-state index in [9.17, 15) is 10.1 Å². The minimum Gasteiger partial charge on any atom is -0.380 e. The van der Waals surface area contributed by atoms with Gasteiger partial charge in [0, 0.05) is 25.4 Å². The van der Waals surface area contributed by atoms with Crippen LogP contribution in [0.5, 0.6) is 0 Å². The van der Waals surface area contributed by atoms with Crippen molar-refractivity contribution in [1.82, 2.24) is 9.78 Å². The van der Waals surface area contributed by atoms with Crippen LogP contribution in [0.4, 0.5) is 11.4 Å². The standard InChI is InChI=1S/C14H18N4O2S/c1-4-15-12-6-5-11(8-13(12)18(19)20)9-21-14-7-10(2)16-17(14)3/h5-8,15H,4,9H2,1-3H3. The maximum atomic E-state index is 11.1. The van der Waals surface area contributed by atoms with Gasteiger partial charge in [0.15, 0.2) is 0 Å². The van der Waals surface area contributed by atoms with E-state index in [-0.39, 0.29) is 10.6 Å². The van der Waals surface area contributed by atoms with Crippen molar-refractivity contribution in [1.29, 1.82) is 0 Å². The molecule has 0 aliphatic heterocycles. The van der Waals surface area contributed by atoms with Crippen LogP contribution in [0.1, 0.15) is 18.2 Å². The number of aromatic nitrogens is 2. The molecule has 0 bridgehead atoms. The van der Waals surface area contributed by atoms with E-state index in [1.54, 1.807) is 23.9 Å². The summed E-state index contributed by atoms with van der Waals surface area (Å²) in [6, 6.07) is 7.33. The number of nitro benzene ring substituents is 1. The van der Waals surface area contributed by atoms with Crippen LogP contribution in [-0.4, -0.2) is 21.2 Å². The number of nitro groups is 1. The van der Waals surface area contributed by atoms with E-state index in [1.165, 1.54) is 0 Å². The molecule has 1 aromatic carbocycles. The van der Waals surface area contributed by atoms with E-state index in [4.69, 9.17) is 0 Å². The fraction of sp³-hybridized carbons (Fsp3) is 0.357. The SMILES string of the molecule is CCNc1ccc(CSc2cc(C)nn2C)cc1[N+](=O)[O-]. The molecule has 6 nitrogen and oxygen atoms in total. The van der Waals surface area contributed by atoms with Crippen molar-refractivity contribution in [2.24, 2.45) is 7.05 Å². The first-order valence-corrected chi connectivity index (χ1v) is 7.64. The number of rotatable bonds is 6. The van der Waals surface area contributed by atoms with Gasteiger partial charge in [-0.25, -0.2) is 0 Å². The van der Waals surface area contributed by atoms with E-state index in [0.29, 0.717) is 18.0 Å². The predicted octanol–water partition coefficient (Wildman–Crippen LogP) is 3.36. The van der Waals surface area contributed by atoms with Crippen molar-refractivity contribution in [2.45, 2.75) is 24.6 Å². The molecule has 21 heavy (non-hydrogen) atoms. The Labute approximate surface area is 127 Å². The molecule has 2 aromatic rings. The van der Waals surface area contributed by atoms with Crippen LogP contribution >= 0.6 is 11.8 Å². The summed E-state index contributed by atoms with van der Waals surface area (Å²) in [7, 11) is 1.89. The van der Waals surface area contributed by atoms with E-state index in [1.807, 2.05) is 37.7 Å². The topological polar surface area (TPSA) is 73.0 Å². The lowest BCUT2D eigenvalue weighted by Gasteiger charge is -2.07. The largest absolute Gasteiger partial charge is 0.380 e. The molecule has 2 rings (SSSR count). The molecule has 0 amide bonds. The van der Waals surface area contributed by atoms with Crippen LogP contribution in [-0.2, 0) is 12.8 Å². The van der Waals surface area contributed by atoms with Gasteiger partial charge >= 0.3 is 0 Å². The molecule has 0 aliphatic rings. The molecule has 1 N–H and O–H groups in total. The fourth-order valence-electron chi connectivity index (χ4n) is 2.04. The highest BCUT2D eigenvalue weighted by atomic mass is 32.2. The third-order valence-electron chi connectivity index (χ3n) is 2.97. The smallest absolute Gasteiger partial charge is 0.292 e. The summed E-state index contributed by atoms with van der Waals surface area (Å²) in [6.45, 7) is 4.52. The van der Waals surface area contributed by atoms with E-state index >= 15 is 0 Å². The molecular weight excluding hydrogens is 288 g/mol. The third-order valence-corrected chi connectivity index (χ3v) is 4.13. The second-order valence-corrected chi connectivity index (χ2v) is 5.67. The van der Waals surface area contributed by atoms with Crippen molar-refractivity contribution < 1.29 is 4.92 Å². The Balaban J connectivity index is 2.15. The number of anilines is 1. The minimum atomic E-state index is -0.347. The van der Waals surface area contributed by atoms with Crippen molar-refractivity contribution in [3.05, 3.63) is 45.6 Å². The molecule has 1 aromatic heterocycles. The van der Waals surface area contributed by atoms with Crippen LogP contribution in [0.15, 0.2) is 29.3 Å². The van der Waals surface area contributed by atoms with Gasteiger partial charge < -0.3 is 5.32 Å². The first-order chi connectivity index (χ1) is 10.0. The molecule has 1 heterocycles. The molecule has 0 atom stereocenters. The molecule has 7 heteroatoms. The van der Waals surface area contributed by atoms with Crippen LogP contribution < -0.4 is 5.32 Å². The van der Waals surface area contributed by atoms with Crippen molar-refractivity contribution >= 4 is 23.1 Å². The van der Waals surface area contributed by atoms with Gasteiger partial charge in [-0.15, -0.1) is 11.8 Å². The summed E-state index contributed by atoms with van der Waals surface area (Å²) in [5.74, 6) is 0.673. The van der Waals surface area contributed by atoms with E-state index < -0.39 is 0 Å². The highest BCUT2D eigenvalue weighted by molar-refractivity contribution is 7.98. The van der Waals surface area contributed by atoms with Crippen LogP contribution in [0, 0.1) is 17.0 Å². The zero-order chi connectivity index (χ0) is 15.4. The molecule has 0 aliphatic carbocycles. The fourth-order valence-corrected chi connectivity index (χ4v) is 3.01. The van der Waals surface area contributed by atoms with Gasteiger partial charge in [-0.3, -0.25) is 14.8 Å². The first-order valence-electron chi connectivity index (χ1n) is 6.66. The van der Waals surface area contributed by atoms with Gasteiger partial charge in [-0.1, -0.05) is 6.07 Å². The second kappa shape index (κ2) is 6.62. The van der Waals surface area contributed by atoms with Crippen molar-refractivity contribution in [3.63, 3.8) is 0 Å². The monoisotopic (exact) mass is 306 g/mol. The van der Waals surface area contributed by atoms with Gasteiger partial charge in [0.05, 0.1) is 15.6 Å². The third kappa shape index (κ3) is 3.75. The van der Waals surface area contributed by atoms with E-state index in [2.05, 4.69) is 10.4 Å². The Bertz CT molecular complexity index is 654. The Kier molecular flexibility index (Phi) is 4.85. The lowest BCUT2D eigenvalue weighted by Crippen LogP contribution is -2.01. The van der Waals surface area contributed by atoms with Gasteiger partial charge in [-0.2, -0.15) is 5.10 Å². The van der Waals surface area contributed by atoms with Crippen LogP contribution in [0.25, 0.3) is 0 Å². The second-order valence-electron chi connectivity index (χ2n) is 4.68. The zero-order valence-electron chi connectivity index (χ0n) is 12.3. The van der Waals surface area contributed by atoms with Gasteiger partial charge in [0.2, 0.25) is 0 Å². The number of nitrogens with zero attached hydrogens (tertiary/aromatic N) is 3. The Morgan fingerprint density at radius 1 is 1.43 bits per heavy atom. The first kappa shape index (κ1) is 15.4. The zero-order valence-corrected chi connectivity index (χ0v) is 13.1. The summed E-state index contributed by atoms with van der Waals surface area (Å²) < 4.78 is 1.82. The molecule has 0 spiro atoms. The average molecular weight is 306 g/mol. The number of benzene rings is 1. The summed E-state index contributed by atoms with van der Waals surface area (Å²) in [4.78, 5) is 10.8. The number of aryl methyl sites for hydroxylation is 2. The maximum absolute atomic E-state index is 11.1. The molecule has 0 radical (unpaired) electrons. The molecular formula is C14H18N4O2S. The molecule has 0 saturated heterocycles. The maximum Gasteiger partial charge on any atom is 0.292 e. The summed E-state index contributed by atoms with van der Waals surface area (Å²) in [5, 5.41) is 19.5. The average Bonchev–Trinajstić information content (AvgIpc) is 2.76. The number of hydrogen-bond donors (Lipinski definition) is 1. The summed E-state index contributed by atoms with van der Waals surface area (Å²) in [6.07, 6.45) is 0. The Morgan fingerprint density at radius 2 is 2.19 bits per heavy atom. The lowest BCUT2D eigenvalue weighted by molar-refractivity contribution is -0.384. The minimum absolute atomic E-state index is 0.121. The number of hydrogen-bond acceptors (Lipinski definition) is 5. The number of nitrogens with one attached hydrogen (secondary N) is 1. The lowest BCUT2D eigenvalue weighted by atomic mass is 10.2. The molecule has 0 unspecified atom stereocenters. The Hall–Kier alpha value is -2.02. The Morgan fingerprint density at radius 3 is 2.76 bits per heavy atom. The molecule has 0 fully saturated rings. The van der Waals surface area contributed by atoms with Crippen LogP contribution in [0.3, 0.4) is 0 Å². The number of thioether (sulfide) groups is 1. The molecule has 112 valence electrons. The quantitative estimate of drug-likeness (QED) is 0.503. The van der Waals surface area contributed by atoms with E-state index in [0.717, 1.165) is 16.3 Å². The van der Waals surface area contributed by atoms with Crippen LogP contribution in [0.2, 0.25) is 0 Å². The molecule has 0 saturated carbocycles. The van der Waals surface area contributed by atoms with Crippen molar-refractivity contribution in [2.75, 3.05) is 11.9 Å². The predicted molar refractivity (Wildman–Crippen MR) is 84.8 cm³/mol. The summed E-state index contributed by atoms with van der Waals surface area (Å²) in [5.41, 5.74) is 2.57.